The van der Waals surface area contributed by atoms with E-state index in [1.54, 1.807) is 14.0 Å². The van der Waals surface area contributed by atoms with Crippen molar-refractivity contribution in [3.8, 4) is 0 Å². The van der Waals surface area contributed by atoms with E-state index in [0.717, 1.165) is 12.8 Å². The second-order valence-electron chi connectivity index (χ2n) is 3.95. The molecule has 0 aromatic carbocycles. The number of aliphatic hydroxyl groups excluding tert-OH is 1. The highest BCUT2D eigenvalue weighted by Crippen LogP contribution is 2.19. The van der Waals surface area contributed by atoms with E-state index in [0.29, 0.717) is 24.6 Å². The van der Waals surface area contributed by atoms with Gasteiger partial charge in [0.2, 0.25) is 11.7 Å². The summed E-state index contributed by atoms with van der Waals surface area (Å²) >= 11 is 0. The predicted octanol–water partition coefficient (Wildman–Crippen LogP) is 1.87. The van der Waals surface area contributed by atoms with Crippen molar-refractivity contribution < 1.29 is 14.4 Å². The Bertz CT molecular complexity index is 299. The fraction of sp³-hybridized carbons (Fsp3) is 0.818. The van der Waals surface area contributed by atoms with Crippen LogP contribution in [0.1, 0.15) is 50.9 Å². The van der Waals surface area contributed by atoms with E-state index >= 15 is 0 Å². The summed E-state index contributed by atoms with van der Waals surface area (Å²) in [5.74, 6) is 1.17. The molecule has 1 heterocycles. The molecular weight excluding hydrogens is 208 g/mol. The summed E-state index contributed by atoms with van der Waals surface area (Å²) in [5, 5.41) is 13.0. The molecule has 0 fully saturated rings. The van der Waals surface area contributed by atoms with Crippen LogP contribution < -0.4 is 0 Å². The van der Waals surface area contributed by atoms with Gasteiger partial charge in [-0.05, 0) is 19.8 Å². The van der Waals surface area contributed by atoms with E-state index < -0.39 is 0 Å². The summed E-state index contributed by atoms with van der Waals surface area (Å²) in [4.78, 5) is 4.26. The molecule has 92 valence electrons. The first kappa shape index (κ1) is 13.1. The minimum Gasteiger partial charge on any atom is -0.393 e. The zero-order chi connectivity index (χ0) is 12.0. The van der Waals surface area contributed by atoms with Crippen LogP contribution in [0.5, 0.6) is 0 Å². The van der Waals surface area contributed by atoms with E-state index in [1.165, 1.54) is 0 Å². The molecule has 16 heavy (non-hydrogen) atoms. The van der Waals surface area contributed by atoms with Crippen LogP contribution >= 0.6 is 0 Å². The highest BCUT2D eigenvalue weighted by molar-refractivity contribution is 4.91. The molecule has 1 N–H and O–H groups in total. The maximum atomic E-state index is 9.15. The molecule has 1 aromatic rings. The van der Waals surface area contributed by atoms with Gasteiger partial charge in [0.1, 0.15) is 6.10 Å². The van der Waals surface area contributed by atoms with Gasteiger partial charge in [-0.1, -0.05) is 18.5 Å². The third-order valence-corrected chi connectivity index (χ3v) is 2.38. The van der Waals surface area contributed by atoms with Crippen LogP contribution in [0.3, 0.4) is 0 Å². The largest absolute Gasteiger partial charge is 0.393 e. The Balaban J connectivity index is 2.55. The van der Waals surface area contributed by atoms with Crippen molar-refractivity contribution in [3.63, 3.8) is 0 Å². The molecule has 2 atom stereocenters. The lowest BCUT2D eigenvalue weighted by Gasteiger charge is -2.08. The maximum absolute atomic E-state index is 9.15. The number of aromatic nitrogens is 2. The van der Waals surface area contributed by atoms with Crippen molar-refractivity contribution >= 4 is 0 Å². The molecule has 0 spiro atoms. The van der Waals surface area contributed by atoms with Crippen LogP contribution in [0.15, 0.2) is 4.52 Å². The van der Waals surface area contributed by atoms with Gasteiger partial charge in [-0.3, -0.25) is 0 Å². The van der Waals surface area contributed by atoms with Crippen molar-refractivity contribution in [2.75, 3.05) is 7.11 Å². The van der Waals surface area contributed by atoms with Gasteiger partial charge in [0.05, 0.1) is 6.10 Å². The molecule has 0 saturated carbocycles. The fourth-order valence-corrected chi connectivity index (χ4v) is 1.45. The lowest BCUT2D eigenvalue weighted by atomic mass is 10.2. The van der Waals surface area contributed by atoms with E-state index in [2.05, 4.69) is 17.1 Å². The number of aryl methyl sites for hydroxylation is 1. The Hall–Kier alpha value is -0.940. The Labute approximate surface area is 95.8 Å². The Morgan fingerprint density at radius 2 is 2.19 bits per heavy atom. The summed E-state index contributed by atoms with van der Waals surface area (Å²) in [7, 11) is 1.64. The summed E-state index contributed by atoms with van der Waals surface area (Å²) in [6, 6.07) is 0. The Morgan fingerprint density at radius 3 is 2.75 bits per heavy atom. The lowest BCUT2D eigenvalue weighted by Crippen LogP contribution is -2.04. The number of hydrogen-bond acceptors (Lipinski definition) is 5. The molecule has 1 rings (SSSR count). The molecule has 0 aliphatic carbocycles. The van der Waals surface area contributed by atoms with Gasteiger partial charge in [0, 0.05) is 13.5 Å². The number of nitrogens with zero attached hydrogens (tertiary/aromatic N) is 2. The van der Waals surface area contributed by atoms with Crippen LogP contribution in [0.4, 0.5) is 0 Å². The molecule has 0 radical (unpaired) electrons. The van der Waals surface area contributed by atoms with Gasteiger partial charge in [-0.25, -0.2) is 0 Å². The number of rotatable bonds is 7. The van der Waals surface area contributed by atoms with Crippen molar-refractivity contribution in [2.45, 2.75) is 51.7 Å². The zero-order valence-electron chi connectivity index (χ0n) is 10.1. The van der Waals surface area contributed by atoms with E-state index in [-0.39, 0.29) is 12.2 Å². The van der Waals surface area contributed by atoms with E-state index in [9.17, 15) is 0 Å². The monoisotopic (exact) mass is 228 g/mol. The van der Waals surface area contributed by atoms with Gasteiger partial charge in [-0.15, -0.1) is 0 Å². The number of methoxy groups -OCH3 is 1. The van der Waals surface area contributed by atoms with Crippen molar-refractivity contribution in [2.24, 2.45) is 0 Å². The molecule has 5 nitrogen and oxygen atoms in total. The molecule has 0 saturated heterocycles. The first-order chi connectivity index (χ1) is 7.67. The van der Waals surface area contributed by atoms with Gasteiger partial charge in [0.15, 0.2) is 0 Å². The van der Waals surface area contributed by atoms with Crippen molar-refractivity contribution in [3.05, 3.63) is 11.7 Å². The summed E-state index contributed by atoms with van der Waals surface area (Å²) in [5.41, 5.74) is 0. The normalized spacial score (nSPS) is 15.0. The minimum atomic E-state index is -0.343. The van der Waals surface area contributed by atoms with Crippen LogP contribution in [-0.4, -0.2) is 28.5 Å². The van der Waals surface area contributed by atoms with Crippen molar-refractivity contribution in [1.29, 1.82) is 0 Å². The van der Waals surface area contributed by atoms with Crippen molar-refractivity contribution in [1.82, 2.24) is 10.1 Å². The minimum absolute atomic E-state index is 0.0888. The molecule has 1 aromatic heterocycles. The predicted molar refractivity (Wildman–Crippen MR) is 59.0 cm³/mol. The zero-order valence-corrected chi connectivity index (χ0v) is 10.1. The average Bonchev–Trinajstić information content (AvgIpc) is 2.71. The van der Waals surface area contributed by atoms with Gasteiger partial charge >= 0.3 is 0 Å². The lowest BCUT2D eigenvalue weighted by molar-refractivity contribution is 0.0854. The number of ether oxygens (including phenoxy) is 1. The van der Waals surface area contributed by atoms with E-state index in [1.807, 2.05) is 0 Å². The highest BCUT2D eigenvalue weighted by Gasteiger charge is 2.16. The molecule has 5 heteroatoms. The van der Waals surface area contributed by atoms with Gasteiger partial charge in [0.25, 0.3) is 0 Å². The molecule has 0 aliphatic heterocycles. The fourth-order valence-electron chi connectivity index (χ4n) is 1.45. The van der Waals surface area contributed by atoms with Gasteiger partial charge in [-0.2, -0.15) is 4.98 Å². The average molecular weight is 228 g/mol. The number of aliphatic hydroxyl groups is 1. The molecular formula is C11H20N2O3. The summed E-state index contributed by atoms with van der Waals surface area (Å²) < 4.78 is 10.4. The van der Waals surface area contributed by atoms with Crippen LogP contribution in [0, 0.1) is 0 Å². The topological polar surface area (TPSA) is 68.4 Å². The van der Waals surface area contributed by atoms with Crippen LogP contribution in [0.25, 0.3) is 0 Å². The first-order valence-corrected chi connectivity index (χ1v) is 5.70. The SMILES string of the molecule is CCCC(OC)c1noc(CCC(C)O)n1. The molecule has 0 aliphatic rings. The number of hydrogen-bond donors (Lipinski definition) is 1. The molecule has 0 amide bonds. The standard InChI is InChI=1S/C11H20N2O3/c1-4-5-9(15-3)11-12-10(16-13-11)7-6-8(2)14/h8-9,14H,4-7H2,1-3H3. The van der Waals surface area contributed by atoms with Crippen LogP contribution in [-0.2, 0) is 11.2 Å². The second kappa shape index (κ2) is 6.60. The maximum Gasteiger partial charge on any atom is 0.226 e. The summed E-state index contributed by atoms with van der Waals surface area (Å²) in [6.45, 7) is 3.83. The Kier molecular flexibility index (Phi) is 5.42. The molecule has 0 bridgehead atoms. The molecule has 2 unspecified atom stereocenters. The summed E-state index contributed by atoms with van der Waals surface area (Å²) in [6.07, 6.45) is 2.70. The quantitative estimate of drug-likeness (QED) is 0.771. The second-order valence-corrected chi connectivity index (χ2v) is 3.95. The van der Waals surface area contributed by atoms with Crippen LogP contribution in [0.2, 0.25) is 0 Å². The Morgan fingerprint density at radius 1 is 1.44 bits per heavy atom. The third-order valence-electron chi connectivity index (χ3n) is 2.38. The first-order valence-electron chi connectivity index (χ1n) is 5.70. The van der Waals surface area contributed by atoms with Gasteiger partial charge < -0.3 is 14.4 Å². The third kappa shape index (κ3) is 3.90. The smallest absolute Gasteiger partial charge is 0.226 e. The van der Waals surface area contributed by atoms with E-state index in [4.69, 9.17) is 14.4 Å². The highest BCUT2D eigenvalue weighted by atomic mass is 16.5.